The van der Waals surface area contributed by atoms with Gasteiger partial charge in [0, 0.05) is 33.4 Å². The second kappa shape index (κ2) is 12.4. The number of para-hydroxylation sites is 2. The van der Waals surface area contributed by atoms with E-state index in [0.29, 0.717) is 22.7 Å². The number of ether oxygens (including phenoxy) is 2. The maximum atomic E-state index is 14.0. The van der Waals surface area contributed by atoms with Gasteiger partial charge in [-0.05, 0) is 62.8 Å². The third kappa shape index (κ3) is 6.80. The first-order valence-corrected chi connectivity index (χ1v) is 13.1. The summed E-state index contributed by atoms with van der Waals surface area (Å²) in [4.78, 5) is 9.43. The van der Waals surface area contributed by atoms with Crippen LogP contribution in [-0.2, 0) is 0 Å². The number of piperidine rings is 1. The average Bonchev–Trinajstić information content (AvgIpc) is 2.91. The van der Waals surface area contributed by atoms with Crippen molar-refractivity contribution in [3.63, 3.8) is 0 Å². The fraction of sp³-hybridized carbons (Fsp3) is 0.464. The fourth-order valence-electron chi connectivity index (χ4n) is 4.70. The van der Waals surface area contributed by atoms with Gasteiger partial charge < -0.3 is 34.6 Å². The molecule has 9 nitrogen and oxygen atoms in total. The molecule has 2 aromatic rings. The summed E-state index contributed by atoms with van der Waals surface area (Å²) in [5, 5.41) is 17.2. The lowest BCUT2D eigenvalue weighted by Crippen LogP contribution is -2.43. The number of methoxy groups -OCH3 is 1. The zero-order valence-electron chi connectivity index (χ0n) is 23.4. The van der Waals surface area contributed by atoms with Crippen molar-refractivity contribution in [2.45, 2.75) is 37.6 Å². The van der Waals surface area contributed by atoms with Crippen LogP contribution in [0, 0.1) is 0 Å². The standard InChI is InChI=1S/C28H37F3N6O3/c1-35(2)22-8-6-7-9-23(22)40-26-20(28(29,30)31)17-32-27(37(26)4)34-21-11-10-18(16-24(21)39-5)25(38)33-19-12-14-36(3)15-13-19/h6-11,16-17,19,25,27,33-34,38H,12-15H2,1-5H3. The Balaban J connectivity index is 1.54. The predicted octanol–water partition coefficient (Wildman–Crippen LogP) is 4.00. The van der Waals surface area contributed by atoms with Crippen molar-refractivity contribution in [1.29, 1.82) is 0 Å². The van der Waals surface area contributed by atoms with Gasteiger partial charge in [-0.25, -0.2) is 4.99 Å². The zero-order chi connectivity index (χ0) is 29.0. The van der Waals surface area contributed by atoms with Gasteiger partial charge in [-0.2, -0.15) is 13.2 Å². The lowest BCUT2D eigenvalue weighted by atomic mass is 10.0. The highest BCUT2D eigenvalue weighted by atomic mass is 19.4. The SMILES string of the molecule is COc1cc(C(O)NC2CCN(C)CC2)ccc1NC1N=CC(C(F)(F)F)=C(Oc2ccccc2N(C)C)N1C. The van der Waals surface area contributed by atoms with E-state index in [1.54, 1.807) is 61.5 Å². The molecule has 0 radical (unpaired) electrons. The molecule has 0 spiro atoms. The fourth-order valence-corrected chi connectivity index (χ4v) is 4.70. The van der Waals surface area contributed by atoms with Crippen molar-refractivity contribution in [2.75, 3.05) is 58.6 Å². The minimum Gasteiger partial charge on any atom is -0.495 e. The molecule has 1 saturated heterocycles. The monoisotopic (exact) mass is 562 g/mol. The Morgan fingerprint density at radius 2 is 1.77 bits per heavy atom. The Bertz CT molecular complexity index is 1230. The van der Waals surface area contributed by atoms with Gasteiger partial charge >= 0.3 is 6.18 Å². The number of aliphatic imine (C=N–C) groups is 1. The number of nitrogens with zero attached hydrogens (tertiary/aromatic N) is 4. The van der Waals surface area contributed by atoms with E-state index in [1.807, 2.05) is 0 Å². The van der Waals surface area contributed by atoms with Crippen LogP contribution in [0.15, 0.2) is 58.9 Å². The molecular weight excluding hydrogens is 525 g/mol. The number of likely N-dealkylation sites (tertiary alicyclic amines) is 1. The molecule has 2 aromatic carbocycles. The Kier molecular flexibility index (Phi) is 9.12. The first kappa shape index (κ1) is 29.5. The van der Waals surface area contributed by atoms with Gasteiger partial charge in [0.1, 0.15) is 17.6 Å². The van der Waals surface area contributed by atoms with Crippen LogP contribution in [0.4, 0.5) is 24.5 Å². The summed E-state index contributed by atoms with van der Waals surface area (Å²) in [6.07, 6.45) is -3.83. The molecule has 0 bridgehead atoms. The second-order valence-corrected chi connectivity index (χ2v) is 10.2. The van der Waals surface area contributed by atoms with Crippen LogP contribution in [0.1, 0.15) is 24.6 Å². The number of anilines is 2. The Morgan fingerprint density at radius 1 is 1.07 bits per heavy atom. The molecule has 2 unspecified atom stereocenters. The van der Waals surface area contributed by atoms with Gasteiger partial charge in [-0.15, -0.1) is 0 Å². The zero-order valence-corrected chi connectivity index (χ0v) is 23.4. The highest BCUT2D eigenvalue weighted by molar-refractivity contribution is 5.82. The lowest BCUT2D eigenvalue weighted by Gasteiger charge is -2.35. The van der Waals surface area contributed by atoms with Gasteiger partial charge in [0.2, 0.25) is 5.88 Å². The average molecular weight is 563 g/mol. The van der Waals surface area contributed by atoms with E-state index in [2.05, 4.69) is 27.6 Å². The summed E-state index contributed by atoms with van der Waals surface area (Å²) in [5.41, 5.74) is 0.745. The van der Waals surface area contributed by atoms with E-state index in [0.717, 1.165) is 32.1 Å². The first-order chi connectivity index (χ1) is 19.0. The topological polar surface area (TPSA) is 84.8 Å². The number of aliphatic hydroxyl groups excluding tert-OH is 1. The molecule has 2 atom stereocenters. The molecule has 3 N–H and O–H groups in total. The molecule has 2 heterocycles. The molecule has 0 aliphatic carbocycles. The molecule has 2 aliphatic heterocycles. The van der Waals surface area contributed by atoms with Gasteiger partial charge in [0.05, 0.1) is 18.5 Å². The number of rotatable bonds is 9. The number of nitrogens with one attached hydrogen (secondary N) is 2. The van der Waals surface area contributed by atoms with Crippen LogP contribution in [0.2, 0.25) is 0 Å². The van der Waals surface area contributed by atoms with E-state index < -0.39 is 24.3 Å². The minimum atomic E-state index is -4.68. The number of halogens is 3. The number of benzene rings is 2. The van der Waals surface area contributed by atoms with Crippen molar-refractivity contribution in [2.24, 2.45) is 4.99 Å². The molecule has 1 fully saturated rings. The maximum Gasteiger partial charge on any atom is 0.423 e. The van der Waals surface area contributed by atoms with Crippen LogP contribution in [0.25, 0.3) is 0 Å². The molecular formula is C28H37F3N6O3. The highest BCUT2D eigenvalue weighted by Gasteiger charge is 2.41. The van der Waals surface area contributed by atoms with Crippen LogP contribution in [0.3, 0.4) is 0 Å². The van der Waals surface area contributed by atoms with Crippen molar-refractivity contribution in [1.82, 2.24) is 15.1 Å². The quantitative estimate of drug-likeness (QED) is 0.396. The van der Waals surface area contributed by atoms with E-state index in [4.69, 9.17) is 9.47 Å². The maximum absolute atomic E-state index is 14.0. The van der Waals surface area contributed by atoms with Crippen LogP contribution in [-0.4, -0.2) is 88.0 Å². The summed E-state index contributed by atoms with van der Waals surface area (Å²) in [6.45, 7) is 1.92. The molecule has 0 amide bonds. The molecule has 12 heteroatoms. The van der Waals surface area contributed by atoms with Gasteiger partial charge in [0.15, 0.2) is 12.0 Å². The number of hydrogen-bond donors (Lipinski definition) is 3. The normalized spacial score (nSPS) is 19.5. The van der Waals surface area contributed by atoms with E-state index in [1.165, 1.54) is 19.1 Å². The van der Waals surface area contributed by atoms with Crippen LogP contribution in [0.5, 0.6) is 11.5 Å². The Labute approximate surface area is 232 Å². The van der Waals surface area contributed by atoms with Crippen molar-refractivity contribution in [3.05, 3.63) is 59.5 Å². The highest BCUT2D eigenvalue weighted by Crippen LogP contribution is 2.36. The summed E-state index contributed by atoms with van der Waals surface area (Å²) < 4.78 is 53.3. The summed E-state index contributed by atoms with van der Waals surface area (Å²) >= 11 is 0. The number of hydrogen-bond acceptors (Lipinski definition) is 9. The predicted molar refractivity (Wildman–Crippen MR) is 150 cm³/mol. The summed E-state index contributed by atoms with van der Waals surface area (Å²) in [7, 11) is 8.61. The summed E-state index contributed by atoms with van der Waals surface area (Å²) in [5.74, 6) is 0.303. The molecule has 0 saturated carbocycles. The van der Waals surface area contributed by atoms with E-state index in [9.17, 15) is 18.3 Å². The third-order valence-electron chi connectivity index (χ3n) is 7.06. The summed E-state index contributed by atoms with van der Waals surface area (Å²) in [6, 6.07) is 12.2. The van der Waals surface area contributed by atoms with Crippen molar-refractivity contribution >= 4 is 17.6 Å². The van der Waals surface area contributed by atoms with Crippen molar-refractivity contribution < 1.29 is 27.8 Å². The Hall–Kier alpha value is -3.48. The van der Waals surface area contributed by atoms with Gasteiger partial charge in [-0.1, -0.05) is 18.2 Å². The molecule has 4 rings (SSSR count). The molecule has 0 aromatic heterocycles. The number of aliphatic hydroxyl groups is 1. The van der Waals surface area contributed by atoms with E-state index >= 15 is 0 Å². The second-order valence-electron chi connectivity index (χ2n) is 10.2. The largest absolute Gasteiger partial charge is 0.495 e. The third-order valence-corrected chi connectivity index (χ3v) is 7.06. The minimum absolute atomic E-state index is 0.200. The van der Waals surface area contributed by atoms with Crippen LogP contribution < -0.4 is 25.0 Å². The Morgan fingerprint density at radius 3 is 2.42 bits per heavy atom. The van der Waals surface area contributed by atoms with E-state index in [-0.39, 0.29) is 17.7 Å². The smallest absolute Gasteiger partial charge is 0.423 e. The number of allylic oxidation sites excluding steroid dienone is 1. The number of alkyl halides is 3. The van der Waals surface area contributed by atoms with Crippen LogP contribution >= 0.6 is 0 Å². The van der Waals surface area contributed by atoms with Gasteiger partial charge in [0.25, 0.3) is 0 Å². The molecule has 40 heavy (non-hydrogen) atoms. The molecule has 2 aliphatic rings. The lowest BCUT2D eigenvalue weighted by molar-refractivity contribution is -0.0907. The first-order valence-electron chi connectivity index (χ1n) is 13.1. The molecule has 218 valence electrons. The van der Waals surface area contributed by atoms with Gasteiger partial charge in [-0.3, -0.25) is 5.32 Å². The van der Waals surface area contributed by atoms with Crippen molar-refractivity contribution in [3.8, 4) is 11.5 Å².